The summed E-state index contributed by atoms with van der Waals surface area (Å²) in [4.78, 5) is 0.140. The SMILES string of the molecule is CCCCCCCCCCCCc1cccc(C(C)C)c1S(=O)(=O)O. The summed E-state index contributed by atoms with van der Waals surface area (Å²) in [6.07, 6.45) is 13.3. The molecule has 4 heteroatoms. The van der Waals surface area contributed by atoms with E-state index in [9.17, 15) is 13.0 Å². The Labute approximate surface area is 155 Å². The molecule has 0 aliphatic carbocycles. The predicted molar refractivity (Wildman–Crippen MR) is 106 cm³/mol. The monoisotopic (exact) mass is 368 g/mol. The molecule has 0 atom stereocenters. The van der Waals surface area contributed by atoms with Crippen LogP contribution in [0.3, 0.4) is 0 Å². The molecule has 0 saturated carbocycles. The van der Waals surface area contributed by atoms with Gasteiger partial charge in [0, 0.05) is 0 Å². The second-order valence-corrected chi connectivity index (χ2v) is 8.76. The Bertz CT molecular complexity index is 591. The van der Waals surface area contributed by atoms with Crippen molar-refractivity contribution in [2.75, 3.05) is 0 Å². The van der Waals surface area contributed by atoms with E-state index in [0.29, 0.717) is 12.0 Å². The number of hydrogen-bond acceptors (Lipinski definition) is 2. The first kappa shape index (κ1) is 22.2. The Kier molecular flexibility index (Phi) is 10.4. The molecule has 0 saturated heterocycles. The van der Waals surface area contributed by atoms with Crippen LogP contribution in [0.1, 0.15) is 102 Å². The fourth-order valence-corrected chi connectivity index (χ4v) is 4.48. The maximum absolute atomic E-state index is 11.8. The third kappa shape index (κ3) is 8.37. The van der Waals surface area contributed by atoms with Crippen LogP contribution in [0.15, 0.2) is 23.1 Å². The molecule has 0 radical (unpaired) electrons. The molecule has 144 valence electrons. The molecule has 0 aliphatic rings. The van der Waals surface area contributed by atoms with Crippen molar-refractivity contribution in [3.8, 4) is 0 Å². The molecule has 3 nitrogen and oxygen atoms in total. The molecule has 1 N–H and O–H groups in total. The average molecular weight is 369 g/mol. The van der Waals surface area contributed by atoms with E-state index in [4.69, 9.17) is 0 Å². The molecule has 1 aromatic carbocycles. The summed E-state index contributed by atoms with van der Waals surface area (Å²) in [6.45, 7) is 6.15. The van der Waals surface area contributed by atoms with Crippen molar-refractivity contribution in [3.63, 3.8) is 0 Å². The molecule has 0 aromatic heterocycles. The van der Waals surface area contributed by atoms with Crippen LogP contribution in [-0.2, 0) is 16.5 Å². The fraction of sp³-hybridized carbons (Fsp3) is 0.714. The summed E-state index contributed by atoms with van der Waals surface area (Å²) in [7, 11) is -4.17. The van der Waals surface area contributed by atoms with E-state index in [1.165, 1.54) is 51.4 Å². The van der Waals surface area contributed by atoms with Gasteiger partial charge in [-0.1, -0.05) is 96.8 Å². The fourth-order valence-electron chi connectivity index (χ4n) is 3.37. The summed E-state index contributed by atoms with van der Waals surface area (Å²) in [5, 5.41) is 0. The summed E-state index contributed by atoms with van der Waals surface area (Å²) in [6, 6.07) is 5.54. The number of hydrogen-bond donors (Lipinski definition) is 1. The zero-order chi connectivity index (χ0) is 18.7. The van der Waals surface area contributed by atoms with Crippen molar-refractivity contribution < 1.29 is 13.0 Å². The minimum atomic E-state index is -4.17. The predicted octanol–water partition coefficient (Wildman–Crippen LogP) is 6.52. The molecule has 0 fully saturated rings. The lowest BCUT2D eigenvalue weighted by Crippen LogP contribution is -2.09. The minimum Gasteiger partial charge on any atom is -0.282 e. The molecule has 0 bridgehead atoms. The van der Waals surface area contributed by atoms with Crippen LogP contribution in [0.25, 0.3) is 0 Å². The Morgan fingerprint density at radius 3 is 1.88 bits per heavy atom. The lowest BCUT2D eigenvalue weighted by atomic mass is 9.97. The van der Waals surface area contributed by atoms with Crippen LogP contribution in [0, 0.1) is 0 Å². The van der Waals surface area contributed by atoms with E-state index in [1.807, 2.05) is 26.0 Å². The van der Waals surface area contributed by atoms with E-state index in [1.54, 1.807) is 6.07 Å². The zero-order valence-corrected chi connectivity index (χ0v) is 17.1. The highest BCUT2D eigenvalue weighted by Crippen LogP contribution is 2.28. The molecular formula is C21H36O3S. The van der Waals surface area contributed by atoms with E-state index >= 15 is 0 Å². The Balaban J connectivity index is 2.42. The van der Waals surface area contributed by atoms with E-state index in [2.05, 4.69) is 6.92 Å². The van der Waals surface area contributed by atoms with Gasteiger partial charge in [-0.2, -0.15) is 8.42 Å². The van der Waals surface area contributed by atoms with Crippen molar-refractivity contribution in [2.45, 2.75) is 102 Å². The van der Waals surface area contributed by atoms with Crippen LogP contribution >= 0.6 is 0 Å². The van der Waals surface area contributed by atoms with Gasteiger partial charge < -0.3 is 0 Å². The first-order chi connectivity index (χ1) is 11.9. The molecule has 0 amide bonds. The van der Waals surface area contributed by atoms with Crippen molar-refractivity contribution in [1.82, 2.24) is 0 Å². The van der Waals surface area contributed by atoms with Crippen LogP contribution in [0.4, 0.5) is 0 Å². The van der Waals surface area contributed by atoms with Gasteiger partial charge in [0.2, 0.25) is 0 Å². The molecule has 0 unspecified atom stereocenters. The largest absolute Gasteiger partial charge is 0.295 e. The van der Waals surface area contributed by atoms with E-state index in [-0.39, 0.29) is 10.8 Å². The van der Waals surface area contributed by atoms with Gasteiger partial charge in [-0.15, -0.1) is 0 Å². The van der Waals surface area contributed by atoms with Crippen molar-refractivity contribution in [3.05, 3.63) is 29.3 Å². The topological polar surface area (TPSA) is 54.4 Å². The van der Waals surface area contributed by atoms with Crippen molar-refractivity contribution in [2.24, 2.45) is 0 Å². The molecule has 1 rings (SSSR count). The third-order valence-corrected chi connectivity index (χ3v) is 5.82. The van der Waals surface area contributed by atoms with Gasteiger partial charge in [-0.05, 0) is 29.9 Å². The van der Waals surface area contributed by atoms with Gasteiger partial charge in [-0.3, -0.25) is 4.55 Å². The Morgan fingerprint density at radius 2 is 1.40 bits per heavy atom. The number of benzene rings is 1. The van der Waals surface area contributed by atoms with Gasteiger partial charge >= 0.3 is 0 Å². The highest BCUT2D eigenvalue weighted by Gasteiger charge is 2.21. The Hall–Kier alpha value is -0.870. The van der Waals surface area contributed by atoms with Gasteiger partial charge in [-0.25, -0.2) is 0 Å². The molecule has 1 aromatic rings. The zero-order valence-electron chi connectivity index (χ0n) is 16.3. The van der Waals surface area contributed by atoms with E-state index in [0.717, 1.165) is 18.4 Å². The van der Waals surface area contributed by atoms with Crippen LogP contribution in [0.5, 0.6) is 0 Å². The number of unbranched alkanes of at least 4 members (excludes halogenated alkanes) is 9. The van der Waals surface area contributed by atoms with Gasteiger partial charge in [0.25, 0.3) is 10.1 Å². The smallest absolute Gasteiger partial charge is 0.282 e. The summed E-state index contributed by atoms with van der Waals surface area (Å²) >= 11 is 0. The summed E-state index contributed by atoms with van der Waals surface area (Å²) in [5.74, 6) is 0.0737. The molecular weight excluding hydrogens is 332 g/mol. The van der Waals surface area contributed by atoms with E-state index < -0.39 is 10.1 Å². The highest BCUT2D eigenvalue weighted by atomic mass is 32.2. The maximum Gasteiger partial charge on any atom is 0.295 e. The standard InChI is InChI=1S/C21H36O3S/c1-4-5-6-7-8-9-10-11-12-13-15-19-16-14-17-20(18(2)3)21(19)25(22,23)24/h14,16-18H,4-13,15H2,1-3H3,(H,22,23,24). The van der Waals surface area contributed by atoms with Crippen LogP contribution < -0.4 is 0 Å². The van der Waals surface area contributed by atoms with Crippen molar-refractivity contribution in [1.29, 1.82) is 0 Å². The average Bonchev–Trinajstić information content (AvgIpc) is 2.55. The summed E-state index contributed by atoms with van der Waals surface area (Å²) < 4.78 is 33.3. The lowest BCUT2D eigenvalue weighted by molar-refractivity contribution is 0.479. The molecule has 0 spiro atoms. The second-order valence-electron chi connectivity index (χ2n) is 7.40. The number of aryl methyl sites for hydroxylation is 1. The van der Waals surface area contributed by atoms with Gasteiger partial charge in [0.1, 0.15) is 4.90 Å². The molecule has 25 heavy (non-hydrogen) atoms. The molecule has 0 aliphatic heterocycles. The summed E-state index contributed by atoms with van der Waals surface area (Å²) in [5.41, 5.74) is 1.47. The third-order valence-electron chi connectivity index (χ3n) is 4.81. The highest BCUT2D eigenvalue weighted by molar-refractivity contribution is 7.86. The second kappa shape index (κ2) is 11.7. The van der Waals surface area contributed by atoms with Crippen molar-refractivity contribution >= 4 is 10.1 Å². The first-order valence-corrected chi connectivity index (χ1v) is 11.4. The van der Waals surface area contributed by atoms with Gasteiger partial charge in [0.05, 0.1) is 0 Å². The number of rotatable bonds is 13. The lowest BCUT2D eigenvalue weighted by Gasteiger charge is -2.15. The van der Waals surface area contributed by atoms with Gasteiger partial charge in [0.15, 0.2) is 0 Å². The Morgan fingerprint density at radius 1 is 0.880 bits per heavy atom. The molecule has 0 heterocycles. The minimum absolute atomic E-state index is 0.0737. The maximum atomic E-state index is 11.8. The quantitative estimate of drug-likeness (QED) is 0.318. The first-order valence-electron chi connectivity index (χ1n) is 9.97. The van der Waals surface area contributed by atoms with Crippen LogP contribution in [0.2, 0.25) is 0 Å². The van der Waals surface area contributed by atoms with Crippen LogP contribution in [-0.4, -0.2) is 13.0 Å². The normalized spacial score (nSPS) is 12.0.